The molecule has 0 saturated heterocycles. The molecule has 41 heavy (non-hydrogen) atoms. The van der Waals surface area contributed by atoms with Crippen molar-refractivity contribution < 1.29 is 20.4 Å². The van der Waals surface area contributed by atoms with Gasteiger partial charge in [0.2, 0.25) is 0 Å². The minimum absolute atomic E-state index is 0. The van der Waals surface area contributed by atoms with Crippen LogP contribution in [0, 0.1) is 0 Å². The Morgan fingerprint density at radius 2 is 0.805 bits per heavy atom. The Morgan fingerprint density at radius 1 is 0.439 bits per heavy atom. The molecule has 0 amide bonds. The fraction of sp³-hybridized carbons (Fsp3) is 0.632. The van der Waals surface area contributed by atoms with E-state index in [9.17, 15) is 0 Å². The van der Waals surface area contributed by atoms with E-state index >= 15 is 0 Å². The molecule has 0 unspecified atom stereocenters. The SMILES string of the molecule is CCCCCCC(=Nc1ccc(CCC)c(CCC)c1)C(CCCCCC)=Nc1ccc(CCC)c(CCC)c1.[Pd]. The third-order valence-electron chi connectivity index (χ3n) is 7.85. The van der Waals surface area contributed by atoms with Crippen LogP contribution in [0.25, 0.3) is 0 Å². The molecule has 0 heterocycles. The number of unbranched alkanes of at least 4 members (excludes halogenated alkanes) is 6. The van der Waals surface area contributed by atoms with Crippen LogP contribution in [-0.2, 0) is 46.1 Å². The summed E-state index contributed by atoms with van der Waals surface area (Å²) in [6, 6.07) is 13.9. The molecule has 0 radical (unpaired) electrons. The largest absolute Gasteiger partial charge is 0.252 e. The van der Waals surface area contributed by atoms with E-state index in [4.69, 9.17) is 9.98 Å². The summed E-state index contributed by atoms with van der Waals surface area (Å²) in [6.45, 7) is 13.7. The Kier molecular flexibility index (Phi) is 21.0. The van der Waals surface area contributed by atoms with Gasteiger partial charge in [0.25, 0.3) is 0 Å². The Labute approximate surface area is 268 Å². The number of rotatable bonds is 21. The maximum Gasteiger partial charge on any atom is 0.0636 e. The molecule has 0 aliphatic rings. The van der Waals surface area contributed by atoms with Crippen LogP contribution in [0.2, 0.25) is 0 Å². The van der Waals surface area contributed by atoms with E-state index in [0.29, 0.717) is 0 Å². The van der Waals surface area contributed by atoms with E-state index in [1.165, 1.54) is 111 Å². The van der Waals surface area contributed by atoms with Gasteiger partial charge in [-0.3, -0.25) is 9.98 Å². The number of nitrogens with zero attached hydrogens (tertiary/aromatic N) is 2. The van der Waals surface area contributed by atoms with Crippen LogP contribution in [0.4, 0.5) is 11.4 Å². The van der Waals surface area contributed by atoms with Crippen molar-refractivity contribution >= 4 is 22.8 Å². The second-order valence-electron chi connectivity index (χ2n) is 11.6. The monoisotopic (exact) mass is 650 g/mol. The average Bonchev–Trinajstić information content (AvgIpc) is 2.95. The zero-order valence-corrected chi connectivity index (χ0v) is 29.0. The summed E-state index contributed by atoms with van der Waals surface area (Å²) in [6.07, 6.45) is 21.3. The summed E-state index contributed by atoms with van der Waals surface area (Å²) >= 11 is 0. The van der Waals surface area contributed by atoms with Gasteiger partial charge in [0.1, 0.15) is 0 Å². The predicted molar refractivity (Wildman–Crippen MR) is 181 cm³/mol. The molecule has 2 nitrogen and oxygen atoms in total. The zero-order chi connectivity index (χ0) is 29.0. The molecule has 0 fully saturated rings. The van der Waals surface area contributed by atoms with Crippen molar-refractivity contribution in [2.24, 2.45) is 9.98 Å². The van der Waals surface area contributed by atoms with Crippen molar-refractivity contribution in [3.63, 3.8) is 0 Å². The third-order valence-corrected chi connectivity index (χ3v) is 7.85. The number of hydrogen-bond donors (Lipinski definition) is 0. The van der Waals surface area contributed by atoms with Crippen LogP contribution in [0.15, 0.2) is 46.4 Å². The van der Waals surface area contributed by atoms with Crippen LogP contribution < -0.4 is 0 Å². The normalized spacial score (nSPS) is 12.0. The molecule has 3 heteroatoms. The zero-order valence-electron chi connectivity index (χ0n) is 27.4. The van der Waals surface area contributed by atoms with Crippen LogP contribution in [0.3, 0.4) is 0 Å². The van der Waals surface area contributed by atoms with E-state index in [2.05, 4.69) is 77.9 Å². The van der Waals surface area contributed by atoms with Gasteiger partial charge in [-0.2, -0.15) is 0 Å². The van der Waals surface area contributed by atoms with Crippen molar-refractivity contribution in [3.8, 4) is 0 Å². The molecular weight excluding hydrogens is 591 g/mol. The van der Waals surface area contributed by atoms with Crippen molar-refractivity contribution in [2.45, 2.75) is 157 Å². The van der Waals surface area contributed by atoms with Crippen LogP contribution in [0.1, 0.15) is 154 Å². The summed E-state index contributed by atoms with van der Waals surface area (Å²) in [5.41, 5.74) is 10.6. The second-order valence-corrected chi connectivity index (χ2v) is 11.6. The predicted octanol–water partition coefficient (Wildman–Crippen LogP) is 12.3. The molecule has 0 saturated carbocycles. The first-order valence-electron chi connectivity index (χ1n) is 17.0. The first-order valence-corrected chi connectivity index (χ1v) is 17.0. The second kappa shape index (κ2) is 23.0. The molecule has 0 atom stereocenters. The molecule has 0 spiro atoms. The van der Waals surface area contributed by atoms with Crippen LogP contribution >= 0.6 is 0 Å². The van der Waals surface area contributed by atoms with Gasteiger partial charge in [0.15, 0.2) is 0 Å². The number of benzene rings is 2. The van der Waals surface area contributed by atoms with E-state index < -0.39 is 0 Å². The topological polar surface area (TPSA) is 24.7 Å². The summed E-state index contributed by atoms with van der Waals surface area (Å²) in [7, 11) is 0. The van der Waals surface area contributed by atoms with Gasteiger partial charge in [-0.1, -0.05) is 118 Å². The van der Waals surface area contributed by atoms with E-state index in [1.54, 1.807) is 0 Å². The van der Waals surface area contributed by atoms with Crippen molar-refractivity contribution in [1.29, 1.82) is 0 Å². The Balaban J connectivity index is 0.00000840. The minimum Gasteiger partial charge on any atom is -0.252 e. The molecule has 0 aliphatic carbocycles. The molecule has 0 bridgehead atoms. The molecule has 0 aromatic heterocycles. The molecule has 2 rings (SSSR count). The molecule has 0 N–H and O–H groups in total. The maximum atomic E-state index is 5.39. The average molecular weight is 651 g/mol. The number of aliphatic imine (C=N–C) groups is 2. The quantitative estimate of drug-likeness (QED) is 0.0729. The fourth-order valence-corrected chi connectivity index (χ4v) is 5.67. The third kappa shape index (κ3) is 14.0. The first-order chi connectivity index (χ1) is 19.6. The summed E-state index contributed by atoms with van der Waals surface area (Å²) in [4.78, 5) is 10.8. The van der Waals surface area contributed by atoms with E-state index in [-0.39, 0.29) is 20.4 Å². The Morgan fingerprint density at radius 3 is 1.15 bits per heavy atom. The van der Waals surface area contributed by atoms with Gasteiger partial charge in [0, 0.05) is 20.4 Å². The van der Waals surface area contributed by atoms with Crippen LogP contribution in [0.5, 0.6) is 0 Å². The smallest absolute Gasteiger partial charge is 0.0636 e. The Bertz CT molecular complexity index is 953. The number of aryl methyl sites for hydroxylation is 4. The Hall–Kier alpha value is -1.56. The van der Waals surface area contributed by atoms with E-state index in [1.807, 2.05) is 0 Å². The molecular formula is C38H60N2Pd. The molecule has 2 aromatic rings. The minimum atomic E-state index is 0. The van der Waals surface area contributed by atoms with Crippen molar-refractivity contribution in [1.82, 2.24) is 0 Å². The van der Waals surface area contributed by atoms with Crippen molar-refractivity contribution in [2.75, 3.05) is 0 Å². The maximum absolute atomic E-state index is 5.39. The summed E-state index contributed by atoms with van der Waals surface area (Å²) in [5.74, 6) is 0. The van der Waals surface area contributed by atoms with Crippen LogP contribution in [-0.4, -0.2) is 11.4 Å². The summed E-state index contributed by atoms with van der Waals surface area (Å²) in [5, 5.41) is 0. The molecule has 232 valence electrons. The van der Waals surface area contributed by atoms with Gasteiger partial charge in [-0.25, -0.2) is 0 Å². The van der Waals surface area contributed by atoms with Gasteiger partial charge in [-0.15, -0.1) is 0 Å². The van der Waals surface area contributed by atoms with Gasteiger partial charge >= 0.3 is 0 Å². The van der Waals surface area contributed by atoms with E-state index in [0.717, 1.165) is 49.9 Å². The van der Waals surface area contributed by atoms with Gasteiger partial charge in [0.05, 0.1) is 22.8 Å². The first kappa shape index (κ1) is 37.5. The van der Waals surface area contributed by atoms with Gasteiger partial charge < -0.3 is 0 Å². The van der Waals surface area contributed by atoms with Crippen molar-refractivity contribution in [3.05, 3.63) is 58.7 Å². The molecule has 2 aromatic carbocycles. The fourth-order valence-electron chi connectivity index (χ4n) is 5.67. The summed E-state index contributed by atoms with van der Waals surface area (Å²) < 4.78 is 0. The molecule has 0 aliphatic heterocycles. The standard InChI is InChI=1S/C38H60N2.Pd/c1-7-13-15-17-23-37(39-35-27-25-31(19-9-3)33(29-35)21-11-5)38(24-18-16-14-8-2)40-36-28-26-32(20-10-4)34(30-36)22-12-6;/h25-30H,7-24H2,1-6H3;. The van der Waals surface area contributed by atoms with Gasteiger partial charge in [-0.05, 0) is 97.9 Å². The number of hydrogen-bond acceptors (Lipinski definition) is 2.